The predicted octanol–water partition coefficient (Wildman–Crippen LogP) is 1.99. The molecule has 3 aromatic rings. The lowest BCUT2D eigenvalue weighted by Crippen LogP contribution is -2.26. The maximum absolute atomic E-state index is 12.1. The molecular weight excluding hydrogens is 244 g/mol. The number of hydroxylamine groups is 1. The number of anilines is 1. The van der Waals surface area contributed by atoms with Crippen LogP contribution in [0.4, 0.5) is 5.69 Å². The van der Waals surface area contributed by atoms with Gasteiger partial charge in [-0.3, -0.25) is 10.0 Å². The van der Waals surface area contributed by atoms with Crippen LogP contribution in [0.15, 0.2) is 48.5 Å². The lowest BCUT2D eigenvalue weighted by atomic mass is 10.2. The number of nitrogens with one attached hydrogen (secondary N) is 1. The first-order valence-corrected chi connectivity index (χ1v) is 5.64. The fourth-order valence-corrected chi connectivity index (χ4v) is 1.78. The van der Waals surface area contributed by atoms with E-state index >= 15 is 0 Å². The Morgan fingerprint density at radius 2 is 1.79 bits per heavy atom. The number of amides is 1. The average molecular weight is 254 g/mol. The number of aromatic amines is 1. The number of H-pyrrole nitrogens is 1. The number of rotatable bonds is 2. The molecule has 1 amide bonds. The van der Waals surface area contributed by atoms with Gasteiger partial charge in [0.1, 0.15) is 11.0 Å². The molecule has 1 heterocycles. The lowest BCUT2D eigenvalue weighted by molar-refractivity contribution is 0.0855. The predicted molar refractivity (Wildman–Crippen MR) is 68.9 cm³/mol. The van der Waals surface area contributed by atoms with Crippen LogP contribution in [0.25, 0.3) is 11.0 Å². The zero-order valence-electron chi connectivity index (χ0n) is 9.82. The molecule has 0 saturated heterocycles. The van der Waals surface area contributed by atoms with Gasteiger partial charge in [0.05, 0.1) is 5.69 Å². The van der Waals surface area contributed by atoms with E-state index in [1.807, 2.05) is 0 Å². The zero-order valence-corrected chi connectivity index (χ0v) is 9.82. The Morgan fingerprint density at radius 3 is 2.58 bits per heavy atom. The quantitative estimate of drug-likeness (QED) is 0.541. The van der Waals surface area contributed by atoms with Crippen molar-refractivity contribution in [2.45, 2.75) is 0 Å². The van der Waals surface area contributed by atoms with Crippen LogP contribution in [0.1, 0.15) is 10.4 Å². The van der Waals surface area contributed by atoms with Crippen LogP contribution in [0.5, 0.6) is 0 Å². The van der Waals surface area contributed by atoms with Gasteiger partial charge in [0.2, 0.25) is 0 Å². The van der Waals surface area contributed by atoms with Crippen molar-refractivity contribution in [2.75, 3.05) is 5.06 Å². The smallest absolute Gasteiger partial charge is 0.281 e. The molecule has 19 heavy (non-hydrogen) atoms. The van der Waals surface area contributed by atoms with Crippen molar-refractivity contribution in [3.05, 3.63) is 54.1 Å². The Labute approximate surface area is 108 Å². The molecule has 1 aromatic heterocycles. The van der Waals surface area contributed by atoms with E-state index in [-0.39, 0.29) is 0 Å². The number of carbonyl (C=O) groups excluding carboxylic acids is 1. The molecule has 6 heteroatoms. The van der Waals surface area contributed by atoms with Crippen molar-refractivity contribution in [3.63, 3.8) is 0 Å². The maximum Gasteiger partial charge on any atom is 0.281 e. The second kappa shape index (κ2) is 4.51. The van der Waals surface area contributed by atoms with Gasteiger partial charge in [0, 0.05) is 5.56 Å². The molecule has 2 N–H and O–H groups in total. The first kappa shape index (κ1) is 11.4. The Kier molecular flexibility index (Phi) is 2.70. The van der Waals surface area contributed by atoms with Crippen molar-refractivity contribution in [3.8, 4) is 0 Å². The van der Waals surface area contributed by atoms with E-state index in [1.165, 1.54) is 0 Å². The van der Waals surface area contributed by atoms with Gasteiger partial charge in [-0.2, -0.15) is 20.5 Å². The summed E-state index contributed by atoms with van der Waals surface area (Å²) >= 11 is 0. The fourth-order valence-electron chi connectivity index (χ4n) is 1.78. The van der Waals surface area contributed by atoms with Crippen LogP contribution in [-0.2, 0) is 0 Å². The van der Waals surface area contributed by atoms with Crippen molar-refractivity contribution in [1.29, 1.82) is 0 Å². The Bertz CT molecular complexity index is 724. The van der Waals surface area contributed by atoms with Crippen LogP contribution in [0, 0.1) is 0 Å². The number of aromatic nitrogens is 3. The first-order chi connectivity index (χ1) is 9.25. The largest absolute Gasteiger partial charge is 0.281 e. The van der Waals surface area contributed by atoms with Crippen LogP contribution in [0.2, 0.25) is 0 Å². The molecule has 0 atom stereocenters. The van der Waals surface area contributed by atoms with Gasteiger partial charge in [-0.15, -0.1) is 0 Å². The van der Waals surface area contributed by atoms with Gasteiger partial charge in [-0.05, 0) is 30.3 Å². The molecule has 3 rings (SSSR count). The number of fused-ring (bicyclic) bond motifs is 1. The summed E-state index contributed by atoms with van der Waals surface area (Å²) in [6.07, 6.45) is 0. The molecule has 2 aromatic carbocycles. The molecule has 0 radical (unpaired) electrons. The van der Waals surface area contributed by atoms with Crippen LogP contribution < -0.4 is 5.06 Å². The molecule has 0 aliphatic heterocycles. The van der Waals surface area contributed by atoms with Gasteiger partial charge in [-0.1, -0.05) is 18.2 Å². The standard InChI is InChI=1S/C13H10N4O2/c18-13(9-4-2-1-3-5-9)17(19)10-6-7-11-12(8-10)15-16-14-11/h1-8,19H,(H,14,15,16). The average Bonchev–Trinajstić information content (AvgIpc) is 2.94. The fraction of sp³-hybridized carbons (Fsp3) is 0. The third-order valence-electron chi connectivity index (χ3n) is 2.76. The van der Waals surface area contributed by atoms with Crippen LogP contribution in [0.3, 0.4) is 0 Å². The van der Waals surface area contributed by atoms with E-state index in [0.717, 1.165) is 0 Å². The summed E-state index contributed by atoms with van der Waals surface area (Å²) in [5.41, 5.74) is 2.00. The lowest BCUT2D eigenvalue weighted by Gasteiger charge is -2.14. The molecule has 0 unspecified atom stereocenters. The topological polar surface area (TPSA) is 82.1 Å². The number of hydrogen-bond acceptors (Lipinski definition) is 4. The van der Waals surface area contributed by atoms with E-state index in [0.29, 0.717) is 27.3 Å². The second-order valence-corrected chi connectivity index (χ2v) is 3.98. The highest BCUT2D eigenvalue weighted by atomic mass is 16.5. The van der Waals surface area contributed by atoms with Crippen molar-refractivity contribution >= 4 is 22.6 Å². The first-order valence-electron chi connectivity index (χ1n) is 5.64. The summed E-state index contributed by atoms with van der Waals surface area (Å²) in [4.78, 5) is 12.1. The summed E-state index contributed by atoms with van der Waals surface area (Å²) in [6.45, 7) is 0. The van der Waals surface area contributed by atoms with Gasteiger partial charge >= 0.3 is 0 Å². The number of carbonyl (C=O) groups is 1. The monoisotopic (exact) mass is 254 g/mol. The third-order valence-corrected chi connectivity index (χ3v) is 2.76. The van der Waals surface area contributed by atoms with Gasteiger partial charge in [-0.25, -0.2) is 0 Å². The van der Waals surface area contributed by atoms with Crippen LogP contribution >= 0.6 is 0 Å². The van der Waals surface area contributed by atoms with Gasteiger partial charge in [0.25, 0.3) is 5.91 Å². The highest BCUT2D eigenvalue weighted by Gasteiger charge is 2.16. The molecule has 6 nitrogen and oxygen atoms in total. The van der Waals surface area contributed by atoms with Gasteiger partial charge < -0.3 is 0 Å². The minimum atomic E-state index is -0.497. The minimum Gasteiger partial charge on any atom is -0.281 e. The SMILES string of the molecule is O=C(c1ccccc1)N(O)c1ccc2n[nH]nc2c1. The normalized spacial score (nSPS) is 10.6. The van der Waals surface area contributed by atoms with E-state index in [9.17, 15) is 10.0 Å². The van der Waals surface area contributed by atoms with E-state index in [1.54, 1.807) is 48.5 Å². The highest BCUT2D eigenvalue weighted by Crippen LogP contribution is 2.19. The summed E-state index contributed by atoms with van der Waals surface area (Å²) < 4.78 is 0. The van der Waals surface area contributed by atoms with E-state index in [4.69, 9.17) is 0 Å². The second-order valence-electron chi connectivity index (χ2n) is 3.98. The molecule has 0 aliphatic rings. The van der Waals surface area contributed by atoms with E-state index in [2.05, 4.69) is 15.4 Å². The number of benzene rings is 2. The molecule has 0 fully saturated rings. The molecule has 0 saturated carbocycles. The third kappa shape index (κ3) is 2.04. The van der Waals surface area contributed by atoms with Gasteiger partial charge in [0.15, 0.2) is 0 Å². The molecule has 0 bridgehead atoms. The van der Waals surface area contributed by atoms with Crippen molar-refractivity contribution in [1.82, 2.24) is 15.4 Å². The Balaban J connectivity index is 1.94. The Hall–Kier alpha value is -2.73. The minimum absolute atomic E-state index is 0.343. The summed E-state index contributed by atoms with van der Waals surface area (Å²) in [5, 5.41) is 20.9. The Morgan fingerprint density at radius 1 is 1.05 bits per heavy atom. The molecular formula is C13H10N4O2. The highest BCUT2D eigenvalue weighted by molar-refractivity contribution is 6.05. The zero-order chi connectivity index (χ0) is 13.2. The van der Waals surface area contributed by atoms with Crippen molar-refractivity contribution in [2.24, 2.45) is 0 Å². The molecule has 0 spiro atoms. The molecule has 0 aliphatic carbocycles. The summed E-state index contributed by atoms with van der Waals surface area (Å²) in [5.74, 6) is -0.497. The molecule has 94 valence electrons. The van der Waals surface area contributed by atoms with Crippen molar-refractivity contribution < 1.29 is 10.0 Å². The van der Waals surface area contributed by atoms with Crippen LogP contribution in [-0.4, -0.2) is 26.5 Å². The summed E-state index contributed by atoms with van der Waals surface area (Å²) in [6, 6.07) is 13.4. The number of nitrogens with zero attached hydrogens (tertiary/aromatic N) is 3. The summed E-state index contributed by atoms with van der Waals surface area (Å²) in [7, 11) is 0. The van der Waals surface area contributed by atoms with E-state index < -0.39 is 5.91 Å². The number of hydrogen-bond donors (Lipinski definition) is 2. The maximum atomic E-state index is 12.1.